The average Bonchev–Trinajstić information content (AvgIpc) is 2.85. The van der Waals surface area contributed by atoms with Gasteiger partial charge in [-0.2, -0.15) is 0 Å². The number of nitrogens with zero attached hydrogens (tertiary/aromatic N) is 1. The summed E-state index contributed by atoms with van der Waals surface area (Å²) in [6.45, 7) is 2.98. The van der Waals surface area contributed by atoms with Crippen LogP contribution in [-0.2, 0) is 6.54 Å². The zero-order valence-corrected chi connectivity index (χ0v) is 11.8. The van der Waals surface area contributed by atoms with Crippen LogP contribution in [0.5, 0.6) is 5.75 Å². The van der Waals surface area contributed by atoms with Crippen LogP contribution in [0.25, 0.3) is 0 Å². The Morgan fingerprint density at radius 3 is 2.84 bits per heavy atom. The maximum absolute atomic E-state index is 13.6. The molecule has 0 aliphatic rings. The van der Waals surface area contributed by atoms with E-state index in [1.165, 1.54) is 10.9 Å². The van der Waals surface area contributed by atoms with E-state index < -0.39 is 5.82 Å². The van der Waals surface area contributed by atoms with Crippen molar-refractivity contribution in [2.24, 2.45) is 0 Å². The highest BCUT2D eigenvalue weighted by Gasteiger charge is 2.12. The molecule has 1 aromatic carbocycles. The highest BCUT2D eigenvalue weighted by atomic mass is 32.1. The van der Waals surface area contributed by atoms with Gasteiger partial charge in [-0.25, -0.2) is 4.39 Å². The molecule has 0 fully saturated rings. The van der Waals surface area contributed by atoms with Crippen LogP contribution in [0, 0.1) is 5.82 Å². The summed E-state index contributed by atoms with van der Waals surface area (Å²) in [6.07, 6.45) is 0. The van der Waals surface area contributed by atoms with Gasteiger partial charge in [0.05, 0.1) is 24.5 Å². The van der Waals surface area contributed by atoms with Crippen molar-refractivity contribution in [1.82, 2.24) is 0 Å². The monoisotopic (exact) mass is 280 g/mol. The SMILES string of the molecule is CCOc1cc(N(C)Cc2cccs2)c(N)cc1F. The number of halogens is 1. The van der Waals surface area contributed by atoms with Gasteiger partial charge in [0.25, 0.3) is 0 Å². The minimum Gasteiger partial charge on any atom is -0.491 e. The predicted octanol–water partition coefficient (Wildman–Crippen LogP) is 3.50. The van der Waals surface area contributed by atoms with Gasteiger partial charge in [0.1, 0.15) is 0 Å². The standard InChI is InChI=1S/C14H17FN2OS/c1-3-18-14-8-13(12(16)7-11(14)15)17(2)9-10-5-4-6-19-10/h4-8H,3,9,16H2,1-2H3. The first kappa shape index (κ1) is 13.7. The Kier molecular flexibility index (Phi) is 4.27. The summed E-state index contributed by atoms with van der Waals surface area (Å²) >= 11 is 1.68. The molecule has 102 valence electrons. The van der Waals surface area contributed by atoms with Crippen LogP contribution in [0.2, 0.25) is 0 Å². The molecule has 0 saturated heterocycles. The molecule has 0 radical (unpaired) electrons. The van der Waals surface area contributed by atoms with E-state index in [4.69, 9.17) is 10.5 Å². The summed E-state index contributed by atoms with van der Waals surface area (Å²) in [5.41, 5.74) is 7.08. The number of nitrogens with two attached hydrogens (primary N) is 1. The number of benzene rings is 1. The fraction of sp³-hybridized carbons (Fsp3) is 0.286. The largest absolute Gasteiger partial charge is 0.491 e. The van der Waals surface area contributed by atoms with Gasteiger partial charge in [-0.3, -0.25) is 0 Å². The van der Waals surface area contributed by atoms with Crippen molar-refractivity contribution in [3.8, 4) is 5.75 Å². The lowest BCUT2D eigenvalue weighted by Gasteiger charge is -2.21. The van der Waals surface area contributed by atoms with Crippen LogP contribution < -0.4 is 15.4 Å². The lowest BCUT2D eigenvalue weighted by Crippen LogP contribution is -2.17. The van der Waals surface area contributed by atoms with Crippen LogP contribution in [0.3, 0.4) is 0 Å². The molecule has 1 heterocycles. The molecule has 5 heteroatoms. The van der Waals surface area contributed by atoms with E-state index in [1.807, 2.05) is 30.3 Å². The molecule has 0 aliphatic carbocycles. The Morgan fingerprint density at radius 1 is 1.42 bits per heavy atom. The van der Waals surface area contributed by atoms with Crippen LogP contribution >= 0.6 is 11.3 Å². The quantitative estimate of drug-likeness (QED) is 0.852. The predicted molar refractivity (Wildman–Crippen MR) is 78.4 cm³/mol. The first-order chi connectivity index (χ1) is 9.11. The maximum Gasteiger partial charge on any atom is 0.167 e. The van der Waals surface area contributed by atoms with Gasteiger partial charge in [-0.1, -0.05) is 6.07 Å². The molecule has 0 atom stereocenters. The second kappa shape index (κ2) is 5.93. The van der Waals surface area contributed by atoms with E-state index in [9.17, 15) is 4.39 Å². The van der Waals surface area contributed by atoms with Crippen LogP contribution in [0.15, 0.2) is 29.6 Å². The van der Waals surface area contributed by atoms with Crippen LogP contribution in [0.4, 0.5) is 15.8 Å². The summed E-state index contributed by atoms with van der Waals surface area (Å²) in [5, 5.41) is 2.03. The molecule has 2 N–H and O–H groups in total. The molecule has 0 spiro atoms. The average molecular weight is 280 g/mol. The van der Waals surface area contributed by atoms with Crippen molar-refractivity contribution in [2.75, 3.05) is 24.3 Å². The number of hydrogen-bond donors (Lipinski definition) is 1. The number of rotatable bonds is 5. The molecular formula is C14H17FN2OS. The van der Waals surface area contributed by atoms with E-state index >= 15 is 0 Å². The zero-order valence-electron chi connectivity index (χ0n) is 11.0. The van der Waals surface area contributed by atoms with E-state index in [0.717, 1.165) is 12.2 Å². The van der Waals surface area contributed by atoms with Crippen molar-refractivity contribution < 1.29 is 9.13 Å². The third-order valence-corrected chi connectivity index (χ3v) is 3.63. The third-order valence-electron chi connectivity index (χ3n) is 2.77. The molecule has 19 heavy (non-hydrogen) atoms. The van der Waals surface area contributed by atoms with Gasteiger partial charge >= 0.3 is 0 Å². The molecule has 3 nitrogen and oxygen atoms in total. The molecule has 0 bridgehead atoms. The Balaban J connectivity index is 2.25. The first-order valence-electron chi connectivity index (χ1n) is 6.07. The van der Waals surface area contributed by atoms with Gasteiger partial charge < -0.3 is 15.4 Å². The molecular weight excluding hydrogens is 263 g/mol. The van der Waals surface area contributed by atoms with Crippen molar-refractivity contribution in [2.45, 2.75) is 13.5 Å². The normalized spacial score (nSPS) is 10.5. The van der Waals surface area contributed by atoms with E-state index in [0.29, 0.717) is 12.3 Å². The number of ether oxygens (including phenoxy) is 1. The Hall–Kier alpha value is -1.75. The lowest BCUT2D eigenvalue weighted by molar-refractivity contribution is 0.322. The van der Waals surface area contributed by atoms with Crippen LogP contribution in [0.1, 0.15) is 11.8 Å². The van der Waals surface area contributed by atoms with E-state index in [-0.39, 0.29) is 5.75 Å². The second-order valence-electron chi connectivity index (χ2n) is 4.21. The van der Waals surface area contributed by atoms with Crippen molar-refractivity contribution in [1.29, 1.82) is 0 Å². The van der Waals surface area contributed by atoms with Gasteiger partial charge in [-0.15, -0.1) is 11.3 Å². The number of thiophene rings is 1. The number of anilines is 2. The summed E-state index contributed by atoms with van der Waals surface area (Å²) in [6, 6.07) is 7.03. The molecule has 0 amide bonds. The summed E-state index contributed by atoms with van der Waals surface area (Å²) < 4.78 is 18.9. The fourth-order valence-electron chi connectivity index (χ4n) is 1.88. The number of nitrogen functional groups attached to an aromatic ring is 1. The topological polar surface area (TPSA) is 38.5 Å². The van der Waals surface area contributed by atoms with Gasteiger partial charge in [-0.05, 0) is 18.4 Å². The number of hydrogen-bond acceptors (Lipinski definition) is 4. The minimum atomic E-state index is -0.423. The van der Waals surface area contributed by atoms with Crippen LogP contribution in [-0.4, -0.2) is 13.7 Å². The molecule has 0 aliphatic heterocycles. The molecule has 0 unspecified atom stereocenters. The Bertz CT molecular complexity index is 543. The highest BCUT2D eigenvalue weighted by Crippen LogP contribution is 2.31. The lowest BCUT2D eigenvalue weighted by atomic mass is 10.2. The van der Waals surface area contributed by atoms with Gasteiger partial charge in [0.15, 0.2) is 11.6 Å². The van der Waals surface area contributed by atoms with Gasteiger partial charge in [0, 0.05) is 24.1 Å². The maximum atomic E-state index is 13.6. The van der Waals surface area contributed by atoms with E-state index in [1.54, 1.807) is 17.4 Å². The van der Waals surface area contributed by atoms with Crippen molar-refractivity contribution in [3.63, 3.8) is 0 Å². The first-order valence-corrected chi connectivity index (χ1v) is 6.95. The highest BCUT2D eigenvalue weighted by molar-refractivity contribution is 7.09. The summed E-state index contributed by atoms with van der Waals surface area (Å²) in [7, 11) is 1.93. The smallest absolute Gasteiger partial charge is 0.167 e. The summed E-state index contributed by atoms with van der Waals surface area (Å²) in [4.78, 5) is 3.22. The second-order valence-corrected chi connectivity index (χ2v) is 5.24. The minimum absolute atomic E-state index is 0.240. The molecule has 1 aromatic heterocycles. The summed E-state index contributed by atoms with van der Waals surface area (Å²) in [5.74, 6) is -0.183. The van der Waals surface area contributed by atoms with Gasteiger partial charge in [0.2, 0.25) is 0 Å². The molecule has 2 aromatic rings. The zero-order chi connectivity index (χ0) is 13.8. The van der Waals surface area contributed by atoms with Crippen molar-refractivity contribution >= 4 is 22.7 Å². The Labute approximate surface area is 116 Å². The van der Waals surface area contributed by atoms with Crippen molar-refractivity contribution in [3.05, 3.63) is 40.3 Å². The fourth-order valence-corrected chi connectivity index (χ4v) is 2.63. The molecule has 2 rings (SSSR count). The third kappa shape index (κ3) is 3.17. The molecule has 0 saturated carbocycles. The Morgan fingerprint density at radius 2 is 2.21 bits per heavy atom. The van der Waals surface area contributed by atoms with E-state index in [2.05, 4.69) is 6.07 Å².